The van der Waals surface area contributed by atoms with E-state index in [1.807, 2.05) is 11.8 Å². The van der Waals surface area contributed by atoms with Crippen LogP contribution in [0.3, 0.4) is 0 Å². The highest BCUT2D eigenvalue weighted by atomic mass is 35.5. The lowest BCUT2D eigenvalue weighted by molar-refractivity contribution is -0.121. The van der Waals surface area contributed by atoms with Crippen LogP contribution in [0.15, 0.2) is 36.4 Å². The topological polar surface area (TPSA) is 61.9 Å². The Hall–Kier alpha value is -2.64. The largest absolute Gasteiger partial charge is 0.495 e. The van der Waals surface area contributed by atoms with Gasteiger partial charge < -0.3 is 15.0 Å². The van der Waals surface area contributed by atoms with Crippen molar-refractivity contribution in [2.45, 2.75) is 19.9 Å². The van der Waals surface area contributed by atoms with Crippen LogP contribution < -0.4 is 10.1 Å². The number of carbonyl (C=O) groups is 2. The molecule has 1 aliphatic heterocycles. The molecule has 8 heteroatoms. The van der Waals surface area contributed by atoms with Gasteiger partial charge in [0.2, 0.25) is 5.91 Å². The molecule has 1 unspecified atom stereocenters. The molecule has 1 aliphatic rings. The van der Waals surface area contributed by atoms with Gasteiger partial charge in [-0.3, -0.25) is 14.5 Å². The van der Waals surface area contributed by atoms with E-state index in [0.29, 0.717) is 53.8 Å². The molecule has 1 saturated heterocycles. The summed E-state index contributed by atoms with van der Waals surface area (Å²) in [5, 5.41) is 3.36. The zero-order valence-corrected chi connectivity index (χ0v) is 18.0. The molecule has 0 aliphatic carbocycles. The number of halogens is 2. The van der Waals surface area contributed by atoms with Crippen molar-refractivity contribution in [2.75, 3.05) is 38.6 Å². The summed E-state index contributed by atoms with van der Waals surface area (Å²) >= 11 is 6.02. The third-order valence-electron chi connectivity index (χ3n) is 5.37. The van der Waals surface area contributed by atoms with E-state index in [2.05, 4.69) is 5.32 Å². The fraction of sp³-hybridized carbons (Fsp3) is 0.364. The number of rotatable bonds is 5. The van der Waals surface area contributed by atoms with Crippen molar-refractivity contribution in [3.05, 3.63) is 58.4 Å². The SMILES string of the molecule is COc1ccc(Cl)cc1NC(=O)C(C)N1CCN(C(=O)c2ccc(C)c(F)c2)CC1. The Morgan fingerprint density at radius 1 is 1.13 bits per heavy atom. The Morgan fingerprint density at radius 2 is 1.83 bits per heavy atom. The van der Waals surface area contributed by atoms with Crippen LogP contribution in [-0.4, -0.2) is 60.9 Å². The van der Waals surface area contributed by atoms with Gasteiger partial charge in [0.25, 0.3) is 5.91 Å². The Morgan fingerprint density at radius 3 is 2.47 bits per heavy atom. The maximum Gasteiger partial charge on any atom is 0.254 e. The Kier molecular flexibility index (Phi) is 6.95. The highest BCUT2D eigenvalue weighted by molar-refractivity contribution is 6.31. The van der Waals surface area contributed by atoms with Crippen LogP contribution in [0.2, 0.25) is 5.02 Å². The first-order valence-electron chi connectivity index (χ1n) is 9.74. The number of ether oxygens (including phenoxy) is 1. The van der Waals surface area contributed by atoms with Crippen molar-refractivity contribution in [1.82, 2.24) is 9.80 Å². The first-order valence-corrected chi connectivity index (χ1v) is 10.1. The number of amides is 2. The maximum absolute atomic E-state index is 13.8. The smallest absolute Gasteiger partial charge is 0.254 e. The molecular weight excluding hydrogens is 409 g/mol. The first-order chi connectivity index (χ1) is 14.3. The van der Waals surface area contributed by atoms with Crippen LogP contribution >= 0.6 is 11.6 Å². The molecule has 0 radical (unpaired) electrons. The van der Waals surface area contributed by atoms with Crippen molar-refractivity contribution in [2.24, 2.45) is 0 Å². The van der Waals surface area contributed by atoms with Crippen molar-refractivity contribution in [3.8, 4) is 5.75 Å². The zero-order valence-electron chi connectivity index (χ0n) is 17.2. The summed E-state index contributed by atoms with van der Waals surface area (Å²) in [5.74, 6) is -0.243. The standard InChI is InChI=1S/C22H25ClFN3O3/c1-14-4-5-16(12-18(14)24)22(29)27-10-8-26(9-11-27)15(2)21(28)25-19-13-17(23)6-7-20(19)30-3/h4-7,12-13,15H,8-11H2,1-3H3,(H,25,28). The lowest BCUT2D eigenvalue weighted by Crippen LogP contribution is -2.54. The number of carbonyl (C=O) groups excluding carboxylic acids is 2. The van der Waals surface area contributed by atoms with Gasteiger partial charge in [-0.05, 0) is 49.7 Å². The summed E-state index contributed by atoms with van der Waals surface area (Å²) in [6, 6.07) is 9.15. The lowest BCUT2D eigenvalue weighted by Gasteiger charge is -2.37. The van der Waals surface area contributed by atoms with E-state index in [-0.39, 0.29) is 17.6 Å². The van der Waals surface area contributed by atoms with Gasteiger partial charge in [0, 0.05) is 36.8 Å². The number of methoxy groups -OCH3 is 1. The lowest BCUT2D eigenvalue weighted by atomic mass is 10.1. The molecule has 0 spiro atoms. The monoisotopic (exact) mass is 433 g/mol. The summed E-state index contributed by atoms with van der Waals surface area (Å²) in [6.07, 6.45) is 0. The van der Waals surface area contributed by atoms with E-state index in [4.69, 9.17) is 16.3 Å². The van der Waals surface area contributed by atoms with Gasteiger partial charge in [0.1, 0.15) is 11.6 Å². The third-order valence-corrected chi connectivity index (χ3v) is 5.60. The van der Waals surface area contributed by atoms with Crippen LogP contribution in [0.4, 0.5) is 10.1 Å². The number of anilines is 1. The zero-order chi connectivity index (χ0) is 21.8. The summed E-state index contributed by atoms with van der Waals surface area (Å²) in [5.41, 5.74) is 1.36. The average Bonchev–Trinajstić information content (AvgIpc) is 2.75. The van der Waals surface area contributed by atoms with E-state index in [1.165, 1.54) is 13.2 Å². The fourth-order valence-electron chi connectivity index (χ4n) is 3.40. The van der Waals surface area contributed by atoms with Gasteiger partial charge >= 0.3 is 0 Å². The molecule has 6 nitrogen and oxygen atoms in total. The predicted octanol–water partition coefficient (Wildman–Crippen LogP) is 3.58. The van der Waals surface area contributed by atoms with Crippen LogP contribution in [-0.2, 0) is 4.79 Å². The molecular formula is C22H25ClFN3O3. The van der Waals surface area contributed by atoms with Gasteiger partial charge in [-0.2, -0.15) is 0 Å². The van der Waals surface area contributed by atoms with E-state index in [9.17, 15) is 14.0 Å². The molecule has 1 heterocycles. The number of aryl methyl sites for hydroxylation is 1. The van der Waals surface area contributed by atoms with Crippen LogP contribution in [0.5, 0.6) is 5.75 Å². The summed E-state index contributed by atoms with van der Waals surface area (Å²) in [7, 11) is 1.53. The third kappa shape index (κ3) is 4.91. The molecule has 1 atom stereocenters. The summed E-state index contributed by atoms with van der Waals surface area (Å²) < 4.78 is 19.0. The van der Waals surface area contributed by atoms with Crippen molar-refractivity contribution < 1.29 is 18.7 Å². The minimum absolute atomic E-state index is 0.184. The van der Waals surface area contributed by atoms with E-state index < -0.39 is 6.04 Å². The second-order valence-corrected chi connectivity index (χ2v) is 7.74. The van der Waals surface area contributed by atoms with E-state index in [1.54, 1.807) is 42.2 Å². The minimum Gasteiger partial charge on any atom is -0.495 e. The van der Waals surface area contributed by atoms with Crippen LogP contribution in [0, 0.1) is 12.7 Å². The van der Waals surface area contributed by atoms with Gasteiger partial charge in [-0.1, -0.05) is 17.7 Å². The van der Waals surface area contributed by atoms with Gasteiger partial charge in [0.15, 0.2) is 0 Å². The molecule has 0 saturated carbocycles. The van der Waals surface area contributed by atoms with E-state index in [0.717, 1.165) is 0 Å². The number of hydrogen-bond donors (Lipinski definition) is 1. The number of piperazine rings is 1. The van der Waals surface area contributed by atoms with Gasteiger partial charge in [0.05, 0.1) is 18.8 Å². The average molecular weight is 434 g/mol. The van der Waals surface area contributed by atoms with Crippen LogP contribution in [0.25, 0.3) is 0 Å². The number of benzene rings is 2. The first kappa shape index (κ1) is 22.1. The molecule has 30 heavy (non-hydrogen) atoms. The molecule has 2 aromatic carbocycles. The Bertz CT molecular complexity index is 945. The highest BCUT2D eigenvalue weighted by Crippen LogP contribution is 2.28. The number of hydrogen-bond acceptors (Lipinski definition) is 4. The minimum atomic E-state index is -0.400. The molecule has 0 bridgehead atoms. The molecule has 1 N–H and O–H groups in total. The predicted molar refractivity (Wildman–Crippen MR) is 115 cm³/mol. The van der Waals surface area contributed by atoms with Crippen molar-refractivity contribution >= 4 is 29.1 Å². The fourth-order valence-corrected chi connectivity index (χ4v) is 3.57. The molecule has 2 aromatic rings. The summed E-state index contributed by atoms with van der Waals surface area (Å²) in [4.78, 5) is 29.1. The molecule has 2 amide bonds. The normalized spacial score (nSPS) is 15.6. The number of nitrogens with one attached hydrogen (secondary N) is 1. The van der Waals surface area contributed by atoms with E-state index >= 15 is 0 Å². The summed E-state index contributed by atoms with van der Waals surface area (Å²) in [6.45, 7) is 5.49. The Balaban J connectivity index is 1.59. The Labute approximate surface area is 180 Å². The van der Waals surface area contributed by atoms with Crippen molar-refractivity contribution in [1.29, 1.82) is 0 Å². The van der Waals surface area contributed by atoms with Crippen molar-refractivity contribution in [3.63, 3.8) is 0 Å². The second-order valence-electron chi connectivity index (χ2n) is 7.30. The van der Waals surface area contributed by atoms with Gasteiger partial charge in [-0.15, -0.1) is 0 Å². The number of nitrogens with zero attached hydrogens (tertiary/aromatic N) is 2. The molecule has 0 aromatic heterocycles. The van der Waals surface area contributed by atoms with Gasteiger partial charge in [-0.25, -0.2) is 4.39 Å². The van der Waals surface area contributed by atoms with Crippen LogP contribution in [0.1, 0.15) is 22.8 Å². The maximum atomic E-state index is 13.8. The molecule has 160 valence electrons. The highest BCUT2D eigenvalue weighted by Gasteiger charge is 2.28. The molecule has 3 rings (SSSR count). The molecule has 1 fully saturated rings. The second kappa shape index (κ2) is 9.45. The quantitative estimate of drug-likeness (QED) is 0.782.